The first kappa shape index (κ1) is 9.53. The summed E-state index contributed by atoms with van der Waals surface area (Å²) >= 11 is 0. The standard InChI is InChI=1S/C12H16O2/c1-7(2)12(13)11-5-4-10(14-11)9-6-8(9)3/h4-5,8-9,12-13H,1,6H2,2-3H3. The van der Waals surface area contributed by atoms with Crippen LogP contribution in [0.2, 0.25) is 0 Å². The molecule has 0 aromatic carbocycles. The molecular weight excluding hydrogens is 176 g/mol. The van der Waals surface area contributed by atoms with Crippen molar-refractivity contribution >= 4 is 0 Å². The predicted octanol–water partition coefficient (Wildman–Crippen LogP) is 3.01. The molecule has 76 valence electrons. The summed E-state index contributed by atoms with van der Waals surface area (Å²) in [6, 6.07) is 3.81. The molecular formula is C12H16O2. The lowest BCUT2D eigenvalue weighted by Gasteiger charge is -2.05. The Kier molecular flexibility index (Phi) is 2.23. The second-order valence-electron chi connectivity index (χ2n) is 4.31. The van der Waals surface area contributed by atoms with Gasteiger partial charge in [-0.05, 0) is 37.0 Å². The zero-order valence-electron chi connectivity index (χ0n) is 8.66. The highest BCUT2D eigenvalue weighted by Gasteiger charge is 2.36. The van der Waals surface area contributed by atoms with Gasteiger partial charge in [-0.2, -0.15) is 0 Å². The Balaban J connectivity index is 2.13. The van der Waals surface area contributed by atoms with Crippen molar-refractivity contribution in [1.29, 1.82) is 0 Å². The van der Waals surface area contributed by atoms with Gasteiger partial charge < -0.3 is 9.52 Å². The Morgan fingerprint density at radius 1 is 1.64 bits per heavy atom. The largest absolute Gasteiger partial charge is 0.463 e. The summed E-state index contributed by atoms with van der Waals surface area (Å²) in [5.41, 5.74) is 0.717. The van der Waals surface area contributed by atoms with Crippen molar-refractivity contribution in [1.82, 2.24) is 0 Å². The van der Waals surface area contributed by atoms with Crippen molar-refractivity contribution in [3.63, 3.8) is 0 Å². The quantitative estimate of drug-likeness (QED) is 0.747. The molecule has 0 aliphatic heterocycles. The van der Waals surface area contributed by atoms with Crippen molar-refractivity contribution < 1.29 is 9.52 Å². The fourth-order valence-electron chi connectivity index (χ4n) is 1.68. The van der Waals surface area contributed by atoms with Crippen LogP contribution >= 0.6 is 0 Å². The van der Waals surface area contributed by atoms with E-state index in [0.717, 1.165) is 17.3 Å². The smallest absolute Gasteiger partial charge is 0.136 e. The van der Waals surface area contributed by atoms with Crippen LogP contribution in [0.5, 0.6) is 0 Å². The second kappa shape index (κ2) is 3.28. The third kappa shape index (κ3) is 1.62. The monoisotopic (exact) mass is 192 g/mol. The van der Waals surface area contributed by atoms with Gasteiger partial charge in [0.05, 0.1) is 0 Å². The molecule has 0 amide bonds. The summed E-state index contributed by atoms with van der Waals surface area (Å²) in [6.07, 6.45) is 0.550. The summed E-state index contributed by atoms with van der Waals surface area (Å²) in [6.45, 7) is 7.71. The third-order valence-electron chi connectivity index (χ3n) is 2.86. The van der Waals surface area contributed by atoms with Crippen molar-refractivity contribution in [3.8, 4) is 0 Å². The van der Waals surface area contributed by atoms with Gasteiger partial charge in [0.2, 0.25) is 0 Å². The highest BCUT2D eigenvalue weighted by Crippen LogP contribution is 2.47. The molecule has 2 nitrogen and oxygen atoms in total. The van der Waals surface area contributed by atoms with Crippen LogP contribution in [0.15, 0.2) is 28.7 Å². The van der Waals surface area contributed by atoms with Crippen LogP contribution in [-0.4, -0.2) is 5.11 Å². The number of hydrogen-bond donors (Lipinski definition) is 1. The fraction of sp³-hybridized carbons (Fsp3) is 0.500. The van der Waals surface area contributed by atoms with Gasteiger partial charge in [-0.3, -0.25) is 0 Å². The van der Waals surface area contributed by atoms with Gasteiger partial charge in [-0.1, -0.05) is 13.5 Å². The minimum atomic E-state index is -0.655. The van der Waals surface area contributed by atoms with E-state index in [-0.39, 0.29) is 0 Å². The summed E-state index contributed by atoms with van der Waals surface area (Å²) in [5, 5.41) is 9.69. The van der Waals surface area contributed by atoms with Gasteiger partial charge in [0.15, 0.2) is 0 Å². The van der Waals surface area contributed by atoms with Crippen LogP contribution in [-0.2, 0) is 0 Å². The SMILES string of the molecule is C=C(C)C(O)c1ccc(C2CC2C)o1. The molecule has 1 aliphatic rings. The molecule has 1 N–H and O–H groups in total. The maximum absolute atomic E-state index is 9.69. The Morgan fingerprint density at radius 2 is 2.29 bits per heavy atom. The zero-order valence-corrected chi connectivity index (χ0v) is 8.66. The summed E-state index contributed by atoms with van der Waals surface area (Å²) in [5.74, 6) is 2.93. The second-order valence-corrected chi connectivity index (χ2v) is 4.31. The van der Waals surface area contributed by atoms with Gasteiger partial charge in [-0.15, -0.1) is 0 Å². The van der Waals surface area contributed by atoms with Crippen LogP contribution in [0.25, 0.3) is 0 Å². The van der Waals surface area contributed by atoms with Crippen LogP contribution in [0, 0.1) is 5.92 Å². The zero-order chi connectivity index (χ0) is 10.3. The lowest BCUT2D eigenvalue weighted by atomic mass is 10.1. The fourth-order valence-corrected chi connectivity index (χ4v) is 1.68. The minimum absolute atomic E-state index is 0.570. The molecule has 1 aromatic rings. The Hall–Kier alpha value is -1.02. The molecule has 0 bridgehead atoms. The Bertz CT molecular complexity index is 351. The molecule has 0 spiro atoms. The van der Waals surface area contributed by atoms with Crippen molar-refractivity contribution in [2.24, 2.45) is 5.92 Å². The third-order valence-corrected chi connectivity index (χ3v) is 2.86. The summed E-state index contributed by atoms with van der Waals surface area (Å²) in [4.78, 5) is 0. The van der Waals surface area contributed by atoms with Gasteiger partial charge in [0.25, 0.3) is 0 Å². The van der Waals surface area contributed by atoms with Crippen LogP contribution < -0.4 is 0 Å². The minimum Gasteiger partial charge on any atom is -0.463 e. The molecule has 2 heteroatoms. The van der Waals surface area contributed by atoms with Gasteiger partial charge >= 0.3 is 0 Å². The van der Waals surface area contributed by atoms with E-state index < -0.39 is 6.10 Å². The summed E-state index contributed by atoms with van der Waals surface area (Å²) in [7, 11) is 0. The van der Waals surface area contributed by atoms with E-state index in [2.05, 4.69) is 13.5 Å². The number of hydrogen-bond acceptors (Lipinski definition) is 2. The molecule has 1 aliphatic carbocycles. The van der Waals surface area contributed by atoms with E-state index >= 15 is 0 Å². The highest BCUT2D eigenvalue weighted by atomic mass is 16.4. The first-order valence-electron chi connectivity index (χ1n) is 5.02. The highest BCUT2D eigenvalue weighted by molar-refractivity contribution is 5.21. The van der Waals surface area contributed by atoms with Gasteiger partial charge in [0, 0.05) is 5.92 Å². The van der Waals surface area contributed by atoms with Crippen molar-refractivity contribution in [2.75, 3.05) is 0 Å². The molecule has 3 atom stereocenters. The van der Waals surface area contributed by atoms with Gasteiger partial charge in [-0.25, -0.2) is 0 Å². The molecule has 1 aromatic heterocycles. The maximum atomic E-state index is 9.69. The lowest BCUT2D eigenvalue weighted by molar-refractivity contribution is 0.183. The Labute approximate surface area is 84.2 Å². The van der Waals surface area contributed by atoms with Gasteiger partial charge in [0.1, 0.15) is 17.6 Å². The normalized spacial score (nSPS) is 27.4. The van der Waals surface area contributed by atoms with E-state index in [1.807, 2.05) is 12.1 Å². The molecule has 14 heavy (non-hydrogen) atoms. The number of rotatable bonds is 3. The number of aliphatic hydroxyl groups is 1. The van der Waals surface area contributed by atoms with E-state index in [0.29, 0.717) is 11.7 Å². The maximum Gasteiger partial charge on any atom is 0.136 e. The first-order chi connectivity index (χ1) is 6.59. The lowest BCUT2D eigenvalue weighted by Crippen LogP contribution is -1.95. The number of furan rings is 1. The van der Waals surface area contributed by atoms with Crippen molar-refractivity contribution in [2.45, 2.75) is 32.3 Å². The molecule has 1 fully saturated rings. The average Bonchev–Trinajstić information content (AvgIpc) is 2.67. The van der Waals surface area contributed by atoms with Crippen LogP contribution in [0.4, 0.5) is 0 Å². The first-order valence-corrected chi connectivity index (χ1v) is 5.02. The predicted molar refractivity (Wildman–Crippen MR) is 55.0 cm³/mol. The van der Waals surface area contributed by atoms with Crippen LogP contribution in [0.1, 0.15) is 43.8 Å². The Morgan fingerprint density at radius 3 is 2.79 bits per heavy atom. The molecule has 0 saturated heterocycles. The molecule has 1 heterocycles. The van der Waals surface area contributed by atoms with E-state index in [1.165, 1.54) is 6.42 Å². The average molecular weight is 192 g/mol. The molecule has 3 unspecified atom stereocenters. The topological polar surface area (TPSA) is 33.4 Å². The van der Waals surface area contributed by atoms with Crippen molar-refractivity contribution in [3.05, 3.63) is 35.8 Å². The van der Waals surface area contributed by atoms with E-state index in [1.54, 1.807) is 6.92 Å². The van der Waals surface area contributed by atoms with Crippen LogP contribution in [0.3, 0.4) is 0 Å². The molecule has 0 radical (unpaired) electrons. The number of aliphatic hydroxyl groups excluding tert-OH is 1. The molecule has 1 saturated carbocycles. The van der Waals surface area contributed by atoms with E-state index in [9.17, 15) is 5.11 Å². The van der Waals surface area contributed by atoms with E-state index in [4.69, 9.17) is 4.42 Å². The summed E-state index contributed by atoms with van der Waals surface area (Å²) < 4.78 is 5.59. The molecule has 2 rings (SSSR count).